The van der Waals surface area contributed by atoms with Gasteiger partial charge in [0.25, 0.3) is 0 Å². The van der Waals surface area contributed by atoms with Gasteiger partial charge in [-0.1, -0.05) is 48.0 Å². The molecule has 94 valence electrons. The average molecular weight is 242 g/mol. The van der Waals surface area contributed by atoms with E-state index in [0.29, 0.717) is 6.61 Å². The number of aliphatic hydroxyl groups excluding tert-OH is 1. The van der Waals surface area contributed by atoms with Crippen LogP contribution in [0.25, 0.3) is 0 Å². The fourth-order valence-corrected chi connectivity index (χ4v) is 1.96. The fraction of sp³-hybridized carbons (Fsp3) is 0.250. The topological polar surface area (TPSA) is 29.5 Å². The number of ether oxygens (including phenoxy) is 1. The maximum atomic E-state index is 8.84. The van der Waals surface area contributed by atoms with E-state index in [-0.39, 0.29) is 6.61 Å². The predicted octanol–water partition coefficient (Wildman–Crippen LogP) is 2.96. The smallest absolute Gasteiger partial charge is 0.122 e. The monoisotopic (exact) mass is 242 g/mol. The first-order valence-corrected chi connectivity index (χ1v) is 6.16. The molecular formula is C16H18O2. The Morgan fingerprint density at radius 1 is 1.06 bits per heavy atom. The Hall–Kier alpha value is -1.80. The molecule has 0 unspecified atom stereocenters. The van der Waals surface area contributed by atoms with Crippen LogP contribution in [0.1, 0.15) is 16.7 Å². The van der Waals surface area contributed by atoms with E-state index in [1.807, 2.05) is 30.3 Å². The van der Waals surface area contributed by atoms with E-state index < -0.39 is 0 Å². The van der Waals surface area contributed by atoms with Crippen LogP contribution in [-0.4, -0.2) is 18.3 Å². The molecule has 2 aromatic rings. The van der Waals surface area contributed by atoms with E-state index in [1.54, 1.807) is 0 Å². The van der Waals surface area contributed by atoms with Gasteiger partial charge >= 0.3 is 0 Å². The van der Waals surface area contributed by atoms with Crippen LogP contribution in [0, 0.1) is 6.92 Å². The lowest BCUT2D eigenvalue weighted by molar-refractivity contribution is 0.200. The number of aliphatic hydroxyl groups is 1. The molecular weight excluding hydrogens is 224 g/mol. The van der Waals surface area contributed by atoms with Gasteiger partial charge in [0.05, 0.1) is 6.61 Å². The normalized spacial score (nSPS) is 10.3. The van der Waals surface area contributed by atoms with Gasteiger partial charge in [0, 0.05) is 6.42 Å². The van der Waals surface area contributed by atoms with E-state index in [4.69, 9.17) is 9.84 Å². The molecule has 0 bridgehead atoms. The van der Waals surface area contributed by atoms with Gasteiger partial charge in [-0.3, -0.25) is 0 Å². The van der Waals surface area contributed by atoms with Crippen molar-refractivity contribution < 1.29 is 9.84 Å². The van der Waals surface area contributed by atoms with E-state index >= 15 is 0 Å². The van der Waals surface area contributed by atoms with Gasteiger partial charge in [0.15, 0.2) is 0 Å². The van der Waals surface area contributed by atoms with Crippen molar-refractivity contribution in [3.8, 4) is 5.75 Å². The summed E-state index contributed by atoms with van der Waals surface area (Å²) in [5.74, 6) is 0.860. The molecule has 0 spiro atoms. The minimum absolute atomic E-state index is 0.0403. The highest BCUT2D eigenvalue weighted by molar-refractivity contribution is 5.40. The molecule has 2 rings (SSSR count). The quantitative estimate of drug-likeness (QED) is 0.873. The van der Waals surface area contributed by atoms with Crippen molar-refractivity contribution in [1.82, 2.24) is 0 Å². The molecule has 0 fully saturated rings. The molecule has 0 amide bonds. The molecule has 0 aliphatic rings. The first-order chi connectivity index (χ1) is 8.79. The third-order valence-electron chi connectivity index (χ3n) is 2.80. The maximum absolute atomic E-state index is 8.84. The second kappa shape index (κ2) is 6.22. The van der Waals surface area contributed by atoms with Gasteiger partial charge in [-0.25, -0.2) is 0 Å². The Bertz CT molecular complexity index is 492. The van der Waals surface area contributed by atoms with Crippen LogP contribution < -0.4 is 4.74 Å². The summed E-state index contributed by atoms with van der Waals surface area (Å²) in [6.45, 7) is 2.45. The van der Waals surface area contributed by atoms with Crippen molar-refractivity contribution >= 4 is 0 Å². The molecule has 0 saturated carbocycles. The zero-order chi connectivity index (χ0) is 12.8. The van der Waals surface area contributed by atoms with Crippen LogP contribution in [0.4, 0.5) is 0 Å². The van der Waals surface area contributed by atoms with E-state index in [9.17, 15) is 0 Å². The number of aryl methyl sites for hydroxylation is 1. The molecule has 0 radical (unpaired) electrons. The molecule has 0 aliphatic carbocycles. The summed E-state index contributed by atoms with van der Waals surface area (Å²) in [7, 11) is 0. The van der Waals surface area contributed by atoms with Gasteiger partial charge in [-0.05, 0) is 24.1 Å². The first kappa shape index (κ1) is 12.7. The molecule has 2 aromatic carbocycles. The third-order valence-corrected chi connectivity index (χ3v) is 2.80. The molecule has 2 heteroatoms. The van der Waals surface area contributed by atoms with Gasteiger partial charge < -0.3 is 9.84 Å². The SMILES string of the molecule is Cc1ccc(OCCO)c(Cc2ccccc2)c1. The minimum Gasteiger partial charge on any atom is -0.491 e. The standard InChI is InChI=1S/C16H18O2/c1-13-7-8-16(18-10-9-17)15(11-13)12-14-5-3-2-4-6-14/h2-8,11,17H,9-10,12H2,1H3. The fourth-order valence-electron chi connectivity index (χ4n) is 1.96. The summed E-state index contributed by atoms with van der Waals surface area (Å²) in [4.78, 5) is 0. The molecule has 0 atom stereocenters. The Morgan fingerprint density at radius 2 is 1.83 bits per heavy atom. The van der Waals surface area contributed by atoms with Crippen LogP contribution in [0.3, 0.4) is 0 Å². The van der Waals surface area contributed by atoms with Crippen LogP contribution in [0.2, 0.25) is 0 Å². The summed E-state index contributed by atoms with van der Waals surface area (Å²) >= 11 is 0. The van der Waals surface area contributed by atoms with Crippen molar-refractivity contribution in [2.45, 2.75) is 13.3 Å². The average Bonchev–Trinajstić information content (AvgIpc) is 2.39. The van der Waals surface area contributed by atoms with Crippen molar-refractivity contribution in [2.24, 2.45) is 0 Å². The summed E-state index contributed by atoms with van der Waals surface area (Å²) in [5.41, 5.74) is 3.64. The number of benzene rings is 2. The van der Waals surface area contributed by atoms with Crippen molar-refractivity contribution in [3.05, 3.63) is 65.2 Å². The summed E-state index contributed by atoms with van der Waals surface area (Å²) in [6, 6.07) is 16.5. The van der Waals surface area contributed by atoms with Gasteiger partial charge in [0.2, 0.25) is 0 Å². The Kier molecular flexibility index (Phi) is 4.37. The predicted molar refractivity (Wildman–Crippen MR) is 73.0 cm³/mol. The highest BCUT2D eigenvalue weighted by atomic mass is 16.5. The van der Waals surface area contributed by atoms with Crippen LogP contribution in [0.5, 0.6) is 5.75 Å². The van der Waals surface area contributed by atoms with Gasteiger partial charge in [-0.15, -0.1) is 0 Å². The summed E-state index contributed by atoms with van der Waals surface area (Å²) < 4.78 is 5.56. The highest BCUT2D eigenvalue weighted by Crippen LogP contribution is 2.23. The second-order valence-electron chi connectivity index (χ2n) is 4.35. The number of hydrogen-bond acceptors (Lipinski definition) is 2. The minimum atomic E-state index is 0.0403. The van der Waals surface area contributed by atoms with Crippen LogP contribution in [0.15, 0.2) is 48.5 Å². The van der Waals surface area contributed by atoms with Crippen LogP contribution >= 0.6 is 0 Å². The molecule has 0 saturated heterocycles. The maximum Gasteiger partial charge on any atom is 0.122 e. The van der Waals surface area contributed by atoms with E-state index in [0.717, 1.165) is 17.7 Å². The van der Waals surface area contributed by atoms with Crippen LogP contribution in [-0.2, 0) is 6.42 Å². The lowest BCUT2D eigenvalue weighted by Crippen LogP contribution is -2.04. The molecule has 18 heavy (non-hydrogen) atoms. The molecule has 1 N–H and O–H groups in total. The lowest BCUT2D eigenvalue weighted by atomic mass is 10.0. The zero-order valence-electron chi connectivity index (χ0n) is 10.6. The summed E-state index contributed by atoms with van der Waals surface area (Å²) in [6.07, 6.45) is 0.850. The zero-order valence-corrected chi connectivity index (χ0v) is 10.6. The Morgan fingerprint density at radius 3 is 2.56 bits per heavy atom. The highest BCUT2D eigenvalue weighted by Gasteiger charge is 2.05. The van der Waals surface area contributed by atoms with Gasteiger partial charge in [-0.2, -0.15) is 0 Å². The summed E-state index contributed by atoms with van der Waals surface area (Å²) in [5, 5.41) is 8.84. The molecule has 0 heterocycles. The number of hydrogen-bond donors (Lipinski definition) is 1. The third kappa shape index (κ3) is 3.34. The van der Waals surface area contributed by atoms with Crippen molar-refractivity contribution in [2.75, 3.05) is 13.2 Å². The molecule has 0 aliphatic heterocycles. The molecule has 2 nitrogen and oxygen atoms in total. The van der Waals surface area contributed by atoms with E-state index in [1.165, 1.54) is 11.1 Å². The van der Waals surface area contributed by atoms with Crippen molar-refractivity contribution in [1.29, 1.82) is 0 Å². The van der Waals surface area contributed by atoms with E-state index in [2.05, 4.69) is 25.1 Å². The molecule has 0 aromatic heterocycles. The first-order valence-electron chi connectivity index (χ1n) is 6.16. The Balaban J connectivity index is 2.22. The second-order valence-corrected chi connectivity index (χ2v) is 4.35. The largest absolute Gasteiger partial charge is 0.491 e. The Labute approximate surface area is 108 Å². The lowest BCUT2D eigenvalue weighted by Gasteiger charge is -2.11. The van der Waals surface area contributed by atoms with Gasteiger partial charge in [0.1, 0.15) is 12.4 Å². The number of rotatable bonds is 5. The van der Waals surface area contributed by atoms with Crippen molar-refractivity contribution in [3.63, 3.8) is 0 Å².